The van der Waals surface area contributed by atoms with Crippen LogP contribution in [0.15, 0.2) is 12.2 Å². The van der Waals surface area contributed by atoms with Gasteiger partial charge in [-0.25, -0.2) is 0 Å². The average molecular weight is 234 g/mol. The normalized spacial score (nSPS) is 40.8. The van der Waals surface area contributed by atoms with Crippen LogP contribution >= 0.6 is 0 Å². The zero-order chi connectivity index (χ0) is 11.9. The summed E-state index contributed by atoms with van der Waals surface area (Å²) in [7, 11) is 0. The Morgan fingerprint density at radius 2 is 2.00 bits per heavy atom. The molecule has 3 rings (SSSR count). The Bertz CT molecular complexity index is 341. The number of esters is 1. The molecule has 2 nitrogen and oxygen atoms in total. The molecule has 94 valence electrons. The van der Waals surface area contributed by atoms with Gasteiger partial charge < -0.3 is 4.74 Å². The first-order valence-corrected chi connectivity index (χ1v) is 7.10. The van der Waals surface area contributed by atoms with Gasteiger partial charge >= 0.3 is 5.97 Å². The minimum atomic E-state index is -0.248. The number of carbonyl (C=O) groups excluding carboxylic acids is 1. The van der Waals surface area contributed by atoms with Crippen molar-refractivity contribution >= 4 is 5.97 Å². The van der Waals surface area contributed by atoms with Crippen LogP contribution in [0.1, 0.15) is 51.9 Å². The largest absolute Gasteiger partial charge is 0.462 e. The van der Waals surface area contributed by atoms with E-state index in [1.165, 1.54) is 19.3 Å². The molecule has 0 aliphatic heterocycles. The van der Waals surface area contributed by atoms with E-state index in [1.54, 1.807) is 0 Å². The molecule has 2 fully saturated rings. The molecule has 0 radical (unpaired) electrons. The van der Waals surface area contributed by atoms with Gasteiger partial charge in [0.25, 0.3) is 0 Å². The summed E-state index contributed by atoms with van der Waals surface area (Å²) in [5.74, 6) is 1.33. The maximum absolute atomic E-state index is 12.4. The Balaban J connectivity index is 1.64. The fourth-order valence-electron chi connectivity index (χ4n) is 3.82. The number of allylic oxidation sites excluding steroid dienone is 1. The smallest absolute Gasteiger partial charge is 0.316 e. The summed E-state index contributed by atoms with van der Waals surface area (Å²) in [4.78, 5) is 12.4. The highest BCUT2D eigenvalue weighted by molar-refractivity contribution is 5.80. The van der Waals surface area contributed by atoms with Crippen molar-refractivity contribution in [2.24, 2.45) is 17.3 Å². The van der Waals surface area contributed by atoms with Crippen LogP contribution in [0, 0.1) is 17.3 Å². The predicted molar refractivity (Wildman–Crippen MR) is 66.4 cm³/mol. The Morgan fingerprint density at radius 3 is 2.59 bits per heavy atom. The van der Waals surface area contributed by atoms with Crippen molar-refractivity contribution in [3.8, 4) is 0 Å². The lowest BCUT2D eigenvalue weighted by molar-refractivity contribution is -0.159. The molecule has 0 N–H and O–H groups in total. The van der Waals surface area contributed by atoms with E-state index in [9.17, 15) is 4.79 Å². The molecule has 3 aliphatic rings. The molecule has 0 aromatic rings. The Kier molecular flexibility index (Phi) is 2.76. The molecule has 0 aromatic heterocycles. The molecular weight excluding hydrogens is 212 g/mol. The standard InChI is InChI=1S/C15H22O2/c1-11-9-15(8-7-12(11)10-15)14(16)17-13-5-3-2-4-6-13/h7-8,11-13H,2-6,9-10H2,1H3. The molecule has 3 unspecified atom stereocenters. The minimum absolute atomic E-state index is 0.0625. The number of carbonyl (C=O) groups is 1. The van der Waals surface area contributed by atoms with Gasteiger partial charge in [0.05, 0.1) is 5.41 Å². The van der Waals surface area contributed by atoms with Crippen molar-refractivity contribution < 1.29 is 9.53 Å². The van der Waals surface area contributed by atoms with Crippen LogP contribution in [-0.2, 0) is 9.53 Å². The maximum atomic E-state index is 12.4. The van der Waals surface area contributed by atoms with Crippen LogP contribution in [0.25, 0.3) is 0 Å². The molecule has 3 aliphatic carbocycles. The molecule has 0 aromatic carbocycles. The molecule has 0 amide bonds. The van der Waals surface area contributed by atoms with Crippen molar-refractivity contribution in [1.82, 2.24) is 0 Å². The Morgan fingerprint density at radius 1 is 1.24 bits per heavy atom. The molecule has 17 heavy (non-hydrogen) atoms. The average Bonchev–Trinajstić information content (AvgIpc) is 2.89. The summed E-state index contributed by atoms with van der Waals surface area (Å²) >= 11 is 0. The number of ether oxygens (including phenoxy) is 1. The molecule has 0 spiro atoms. The number of fused-ring (bicyclic) bond motifs is 2. The highest BCUT2D eigenvalue weighted by Gasteiger charge is 2.51. The third-order valence-electron chi connectivity index (χ3n) is 4.91. The lowest BCUT2D eigenvalue weighted by atomic mass is 9.85. The van der Waals surface area contributed by atoms with Crippen LogP contribution < -0.4 is 0 Å². The van der Waals surface area contributed by atoms with Crippen LogP contribution in [0.3, 0.4) is 0 Å². The zero-order valence-corrected chi connectivity index (χ0v) is 10.7. The second-order valence-electron chi connectivity index (χ2n) is 6.23. The van der Waals surface area contributed by atoms with E-state index < -0.39 is 0 Å². The van der Waals surface area contributed by atoms with E-state index in [2.05, 4.69) is 19.1 Å². The first kappa shape index (κ1) is 11.3. The quantitative estimate of drug-likeness (QED) is 0.540. The van der Waals surface area contributed by atoms with Crippen molar-refractivity contribution in [2.45, 2.75) is 58.0 Å². The van der Waals surface area contributed by atoms with E-state index in [-0.39, 0.29) is 17.5 Å². The van der Waals surface area contributed by atoms with Crippen LogP contribution in [0.4, 0.5) is 0 Å². The lowest BCUT2D eigenvalue weighted by Gasteiger charge is -2.28. The van der Waals surface area contributed by atoms with Gasteiger partial charge in [-0.15, -0.1) is 0 Å². The SMILES string of the molecule is CC1CC2(C(=O)OC3CCCCC3)C=CC1C2. The highest BCUT2D eigenvalue weighted by Crippen LogP contribution is 2.53. The molecule has 2 saturated carbocycles. The molecule has 3 atom stereocenters. The van der Waals surface area contributed by atoms with Gasteiger partial charge in [0, 0.05) is 0 Å². The van der Waals surface area contributed by atoms with E-state index in [0.29, 0.717) is 11.8 Å². The Hall–Kier alpha value is -0.790. The third kappa shape index (κ3) is 1.92. The van der Waals surface area contributed by atoms with Crippen LogP contribution in [0.5, 0.6) is 0 Å². The summed E-state index contributed by atoms with van der Waals surface area (Å²) < 4.78 is 5.75. The monoisotopic (exact) mass is 234 g/mol. The summed E-state index contributed by atoms with van der Waals surface area (Å²) in [5.41, 5.74) is -0.248. The van der Waals surface area contributed by atoms with Gasteiger partial charge in [0.2, 0.25) is 0 Å². The van der Waals surface area contributed by atoms with Gasteiger partial charge in [0.15, 0.2) is 0 Å². The van der Waals surface area contributed by atoms with Gasteiger partial charge in [-0.05, 0) is 50.4 Å². The van der Waals surface area contributed by atoms with Crippen molar-refractivity contribution in [1.29, 1.82) is 0 Å². The highest BCUT2D eigenvalue weighted by atomic mass is 16.5. The van der Waals surface area contributed by atoms with Crippen molar-refractivity contribution in [3.63, 3.8) is 0 Å². The summed E-state index contributed by atoms with van der Waals surface area (Å²) in [6.07, 6.45) is 12.5. The van der Waals surface area contributed by atoms with E-state index in [1.807, 2.05) is 0 Å². The minimum Gasteiger partial charge on any atom is -0.462 e. The van der Waals surface area contributed by atoms with Crippen molar-refractivity contribution in [3.05, 3.63) is 12.2 Å². The van der Waals surface area contributed by atoms with Gasteiger partial charge in [-0.1, -0.05) is 25.5 Å². The lowest BCUT2D eigenvalue weighted by Crippen LogP contribution is -2.32. The Labute approximate surface area is 103 Å². The zero-order valence-electron chi connectivity index (χ0n) is 10.7. The first-order chi connectivity index (χ1) is 8.20. The van der Waals surface area contributed by atoms with Crippen molar-refractivity contribution in [2.75, 3.05) is 0 Å². The van der Waals surface area contributed by atoms with Crippen LogP contribution in [0.2, 0.25) is 0 Å². The van der Waals surface area contributed by atoms with E-state index >= 15 is 0 Å². The second-order valence-corrected chi connectivity index (χ2v) is 6.23. The fourth-order valence-corrected chi connectivity index (χ4v) is 3.82. The van der Waals surface area contributed by atoms with Gasteiger partial charge in [0.1, 0.15) is 6.10 Å². The molecule has 0 heterocycles. The summed E-state index contributed by atoms with van der Waals surface area (Å²) in [6.45, 7) is 2.25. The predicted octanol–water partition coefficient (Wildman–Crippen LogP) is 3.46. The molecule has 0 saturated heterocycles. The van der Waals surface area contributed by atoms with Crippen LogP contribution in [-0.4, -0.2) is 12.1 Å². The number of rotatable bonds is 2. The number of hydrogen-bond donors (Lipinski definition) is 0. The van der Waals surface area contributed by atoms with Gasteiger partial charge in [-0.3, -0.25) is 4.79 Å². The first-order valence-electron chi connectivity index (χ1n) is 7.10. The second kappa shape index (κ2) is 4.15. The van der Waals surface area contributed by atoms with E-state index in [0.717, 1.165) is 25.7 Å². The fraction of sp³-hybridized carbons (Fsp3) is 0.800. The summed E-state index contributed by atoms with van der Waals surface area (Å²) in [6, 6.07) is 0. The summed E-state index contributed by atoms with van der Waals surface area (Å²) in [5, 5.41) is 0. The molecule has 2 bridgehead atoms. The maximum Gasteiger partial charge on any atom is 0.316 e. The molecule has 2 heteroatoms. The topological polar surface area (TPSA) is 26.3 Å². The van der Waals surface area contributed by atoms with Gasteiger partial charge in [-0.2, -0.15) is 0 Å². The third-order valence-corrected chi connectivity index (χ3v) is 4.91. The van der Waals surface area contributed by atoms with E-state index in [4.69, 9.17) is 4.74 Å². The molecular formula is C15H22O2. The number of hydrogen-bond acceptors (Lipinski definition) is 2.